The third-order valence-corrected chi connectivity index (χ3v) is 7.83. The molecule has 4 nitrogen and oxygen atoms in total. The molecule has 1 N–H and O–H groups in total. The van der Waals surface area contributed by atoms with Crippen molar-refractivity contribution in [3.05, 3.63) is 69.2 Å². The minimum absolute atomic E-state index is 0.0913. The van der Waals surface area contributed by atoms with E-state index in [0.717, 1.165) is 50.5 Å². The summed E-state index contributed by atoms with van der Waals surface area (Å²) in [6.45, 7) is 9.01. The molecular weight excluding hydrogens is 453 g/mol. The highest BCUT2D eigenvalue weighted by Crippen LogP contribution is 2.25. The van der Waals surface area contributed by atoms with Gasteiger partial charge in [0.05, 0.1) is 10.0 Å². The van der Waals surface area contributed by atoms with Gasteiger partial charge in [0.1, 0.15) is 0 Å². The molecule has 0 saturated carbocycles. The molecule has 4 rings (SSSR count). The Hall–Kier alpha value is -1.59. The van der Waals surface area contributed by atoms with Gasteiger partial charge in [-0.15, -0.1) is 0 Å². The number of amides is 1. The Morgan fingerprint density at radius 2 is 1.45 bits per heavy atom. The van der Waals surface area contributed by atoms with Gasteiger partial charge in [0, 0.05) is 25.6 Å². The van der Waals surface area contributed by atoms with Crippen LogP contribution < -0.4 is 5.32 Å². The van der Waals surface area contributed by atoms with Crippen LogP contribution in [0.25, 0.3) is 0 Å². The van der Waals surface area contributed by atoms with Crippen LogP contribution in [0, 0.1) is 11.8 Å². The van der Waals surface area contributed by atoms with Crippen LogP contribution in [0.1, 0.15) is 49.3 Å². The van der Waals surface area contributed by atoms with Gasteiger partial charge < -0.3 is 5.32 Å². The Bertz CT molecular complexity index is 935. The number of carbonyl (C=O) groups excluding carboxylic acids is 1. The zero-order chi connectivity index (χ0) is 23.2. The van der Waals surface area contributed by atoms with Crippen molar-refractivity contribution in [3.63, 3.8) is 0 Å². The maximum atomic E-state index is 12.8. The molecule has 2 saturated heterocycles. The van der Waals surface area contributed by atoms with E-state index in [0.29, 0.717) is 16.6 Å². The van der Waals surface area contributed by atoms with Gasteiger partial charge in [-0.05, 0) is 86.6 Å². The van der Waals surface area contributed by atoms with Gasteiger partial charge in [0.15, 0.2) is 0 Å². The lowest BCUT2D eigenvalue weighted by atomic mass is 9.95. The molecule has 0 aromatic heterocycles. The lowest BCUT2D eigenvalue weighted by Gasteiger charge is -2.31. The zero-order valence-corrected chi connectivity index (χ0v) is 21.0. The molecule has 0 aliphatic carbocycles. The second kappa shape index (κ2) is 11.7. The molecule has 2 aliphatic rings. The number of benzene rings is 2. The highest BCUT2D eigenvalue weighted by molar-refractivity contribution is 6.42. The normalized spacial score (nSPS) is 19.0. The first-order valence-corrected chi connectivity index (χ1v) is 13.0. The summed E-state index contributed by atoms with van der Waals surface area (Å²) in [6.07, 6.45) is 4.37. The van der Waals surface area contributed by atoms with E-state index in [1.165, 1.54) is 37.1 Å². The number of hydrogen-bond acceptors (Lipinski definition) is 3. The summed E-state index contributed by atoms with van der Waals surface area (Å²) in [6, 6.07) is 14.5. The van der Waals surface area contributed by atoms with Crippen molar-refractivity contribution in [2.45, 2.75) is 52.2 Å². The van der Waals surface area contributed by atoms with E-state index in [4.69, 9.17) is 23.2 Å². The molecule has 0 radical (unpaired) electrons. The lowest BCUT2D eigenvalue weighted by molar-refractivity contribution is -0.126. The molecule has 0 unspecified atom stereocenters. The van der Waals surface area contributed by atoms with Crippen molar-refractivity contribution in [1.29, 1.82) is 0 Å². The Morgan fingerprint density at radius 1 is 0.848 bits per heavy atom. The fourth-order valence-electron chi connectivity index (χ4n) is 4.90. The molecule has 0 bridgehead atoms. The number of likely N-dealkylation sites (tertiary alicyclic amines) is 2. The summed E-state index contributed by atoms with van der Waals surface area (Å²) in [5.74, 6) is 1.12. The quantitative estimate of drug-likeness (QED) is 0.539. The largest absolute Gasteiger partial charge is 0.352 e. The predicted octanol–water partition coefficient (Wildman–Crippen LogP) is 5.75. The molecule has 6 heteroatoms. The second-order valence-electron chi connectivity index (χ2n) is 9.80. The van der Waals surface area contributed by atoms with Crippen molar-refractivity contribution < 1.29 is 4.79 Å². The second-order valence-corrected chi connectivity index (χ2v) is 10.6. The Kier molecular flexibility index (Phi) is 8.70. The molecule has 2 fully saturated rings. The molecule has 1 amide bonds. The summed E-state index contributed by atoms with van der Waals surface area (Å²) in [5.41, 5.74) is 3.68. The first kappa shape index (κ1) is 24.5. The van der Waals surface area contributed by atoms with Gasteiger partial charge in [0.25, 0.3) is 0 Å². The number of piperidine rings is 2. The first-order chi connectivity index (χ1) is 16.0. The van der Waals surface area contributed by atoms with Crippen LogP contribution in [-0.4, -0.2) is 41.9 Å². The van der Waals surface area contributed by atoms with Crippen molar-refractivity contribution >= 4 is 29.1 Å². The van der Waals surface area contributed by atoms with Gasteiger partial charge >= 0.3 is 0 Å². The van der Waals surface area contributed by atoms with Crippen molar-refractivity contribution in [2.24, 2.45) is 11.8 Å². The smallest absolute Gasteiger partial charge is 0.223 e. The first-order valence-electron chi connectivity index (χ1n) is 12.2. The summed E-state index contributed by atoms with van der Waals surface area (Å²) in [5, 5.41) is 4.36. The SMILES string of the molecule is CC1CCN(Cc2cccc(CNC(=O)C3CCN(Cc4ccc(Cl)c(Cl)c4)CC3)c2)CC1. The van der Waals surface area contributed by atoms with E-state index in [-0.39, 0.29) is 11.8 Å². The van der Waals surface area contributed by atoms with Crippen molar-refractivity contribution in [2.75, 3.05) is 26.2 Å². The third-order valence-electron chi connectivity index (χ3n) is 7.09. The minimum atomic E-state index is 0.0913. The van der Waals surface area contributed by atoms with E-state index in [1.54, 1.807) is 0 Å². The fraction of sp³-hybridized carbons (Fsp3) is 0.519. The summed E-state index contributed by atoms with van der Waals surface area (Å²) < 4.78 is 0. The number of nitrogens with zero attached hydrogens (tertiary/aromatic N) is 2. The summed E-state index contributed by atoms with van der Waals surface area (Å²) in [4.78, 5) is 17.7. The highest BCUT2D eigenvalue weighted by atomic mass is 35.5. The summed E-state index contributed by atoms with van der Waals surface area (Å²) in [7, 11) is 0. The van der Waals surface area contributed by atoms with Crippen molar-refractivity contribution in [3.8, 4) is 0 Å². The molecule has 2 heterocycles. The standard InChI is InChI=1S/C27H35Cl2N3O/c1-20-7-11-31(12-8-20)18-22-4-2-3-21(15-22)17-30-27(33)24-9-13-32(14-10-24)19-23-5-6-25(28)26(29)16-23/h2-6,15-16,20,24H,7-14,17-19H2,1H3,(H,30,33). The van der Waals surface area contributed by atoms with Crippen LogP contribution in [0.5, 0.6) is 0 Å². The van der Waals surface area contributed by atoms with Crippen LogP contribution in [0.3, 0.4) is 0 Å². The molecule has 33 heavy (non-hydrogen) atoms. The third kappa shape index (κ3) is 7.19. The van der Waals surface area contributed by atoms with Crippen molar-refractivity contribution in [1.82, 2.24) is 15.1 Å². The van der Waals surface area contributed by atoms with Crippen LogP contribution in [0.4, 0.5) is 0 Å². The molecular formula is C27H35Cl2N3O. The Labute approximate surface area is 208 Å². The number of carbonyl (C=O) groups is 1. The van der Waals surface area contributed by atoms with E-state index >= 15 is 0 Å². The van der Waals surface area contributed by atoms with Gasteiger partial charge in [0.2, 0.25) is 5.91 Å². The molecule has 2 aromatic carbocycles. The van der Waals surface area contributed by atoms with Crippen LogP contribution >= 0.6 is 23.2 Å². The van der Waals surface area contributed by atoms with Crippen LogP contribution in [0.15, 0.2) is 42.5 Å². The van der Waals surface area contributed by atoms with Gasteiger partial charge in [-0.25, -0.2) is 0 Å². The lowest BCUT2D eigenvalue weighted by Crippen LogP contribution is -2.40. The van der Waals surface area contributed by atoms with Crippen LogP contribution in [-0.2, 0) is 24.4 Å². The Balaban J connectivity index is 1.20. The van der Waals surface area contributed by atoms with Gasteiger partial charge in [-0.1, -0.05) is 60.5 Å². The highest BCUT2D eigenvalue weighted by Gasteiger charge is 2.25. The van der Waals surface area contributed by atoms with Crippen LogP contribution in [0.2, 0.25) is 10.0 Å². The fourth-order valence-corrected chi connectivity index (χ4v) is 5.22. The number of hydrogen-bond donors (Lipinski definition) is 1. The van der Waals surface area contributed by atoms with E-state index < -0.39 is 0 Å². The molecule has 2 aliphatic heterocycles. The molecule has 178 valence electrons. The van der Waals surface area contributed by atoms with Gasteiger partial charge in [-0.2, -0.15) is 0 Å². The average Bonchev–Trinajstić information content (AvgIpc) is 2.82. The van der Waals surface area contributed by atoms with E-state index in [9.17, 15) is 4.79 Å². The maximum absolute atomic E-state index is 12.8. The number of nitrogens with one attached hydrogen (secondary N) is 1. The molecule has 0 atom stereocenters. The predicted molar refractivity (Wildman–Crippen MR) is 136 cm³/mol. The number of rotatable bonds is 7. The molecule has 0 spiro atoms. The average molecular weight is 489 g/mol. The monoisotopic (exact) mass is 487 g/mol. The number of halogens is 2. The minimum Gasteiger partial charge on any atom is -0.352 e. The molecule has 2 aromatic rings. The summed E-state index contributed by atoms with van der Waals surface area (Å²) >= 11 is 12.2. The van der Waals surface area contributed by atoms with E-state index in [2.05, 4.69) is 46.3 Å². The topological polar surface area (TPSA) is 35.6 Å². The zero-order valence-electron chi connectivity index (χ0n) is 19.5. The Morgan fingerprint density at radius 3 is 2.12 bits per heavy atom. The van der Waals surface area contributed by atoms with E-state index in [1.807, 2.05) is 18.2 Å². The maximum Gasteiger partial charge on any atom is 0.223 e. The van der Waals surface area contributed by atoms with Gasteiger partial charge in [-0.3, -0.25) is 14.6 Å².